The largest absolute Gasteiger partial charge is 0.313 e. The molecule has 0 saturated carbocycles. The molecular weight excluding hydrogens is 340 g/mol. The van der Waals surface area contributed by atoms with Gasteiger partial charge in [0.25, 0.3) is 5.56 Å². The summed E-state index contributed by atoms with van der Waals surface area (Å²) < 4.78 is 0. The smallest absolute Gasteiger partial charge is 0.261 e. The fourth-order valence-electron chi connectivity index (χ4n) is 2.55. The van der Waals surface area contributed by atoms with Crippen LogP contribution in [0.15, 0.2) is 39.5 Å². The van der Waals surface area contributed by atoms with Gasteiger partial charge in [-0.15, -0.1) is 23.1 Å². The molecule has 0 unspecified atom stereocenters. The lowest BCUT2D eigenvalue weighted by Gasteiger charge is -2.05. The number of H-pyrrole nitrogens is 1. The lowest BCUT2D eigenvalue weighted by atomic mass is 10.1. The van der Waals surface area contributed by atoms with Crippen LogP contribution in [0.2, 0.25) is 0 Å². The molecule has 4 nitrogen and oxygen atoms in total. The summed E-state index contributed by atoms with van der Waals surface area (Å²) >= 11 is 2.88. The number of hydrogen-bond acceptors (Lipinski definition) is 5. The number of nitrogens with zero attached hydrogens (tertiary/aromatic N) is 1. The molecule has 24 heavy (non-hydrogen) atoms. The molecule has 1 N–H and O–H groups in total. The first-order valence-corrected chi connectivity index (χ1v) is 9.45. The van der Waals surface area contributed by atoms with E-state index in [4.69, 9.17) is 0 Å². The van der Waals surface area contributed by atoms with E-state index >= 15 is 0 Å². The van der Waals surface area contributed by atoms with Crippen molar-refractivity contribution < 1.29 is 4.79 Å². The molecule has 0 aliphatic carbocycles. The number of fused-ring (bicyclic) bond motifs is 1. The summed E-state index contributed by atoms with van der Waals surface area (Å²) in [5, 5.41) is 2.82. The zero-order valence-electron chi connectivity index (χ0n) is 13.5. The van der Waals surface area contributed by atoms with Gasteiger partial charge in [0.2, 0.25) is 0 Å². The predicted octanol–water partition coefficient (Wildman–Crippen LogP) is 4.22. The summed E-state index contributed by atoms with van der Waals surface area (Å²) in [5.74, 6) is -0.298. The van der Waals surface area contributed by atoms with E-state index in [1.807, 2.05) is 37.6 Å². The summed E-state index contributed by atoms with van der Waals surface area (Å²) in [6.45, 7) is 3.89. The molecule has 122 valence electrons. The first-order chi connectivity index (χ1) is 11.5. The van der Waals surface area contributed by atoms with Gasteiger partial charge >= 0.3 is 0 Å². The summed E-state index contributed by atoms with van der Waals surface area (Å²) in [4.78, 5) is 33.5. The van der Waals surface area contributed by atoms with E-state index in [0.29, 0.717) is 0 Å². The van der Waals surface area contributed by atoms with Crippen LogP contribution in [0.1, 0.15) is 27.2 Å². The maximum atomic E-state index is 12.6. The fraction of sp³-hybridized carbons (Fsp3) is 0.167. The lowest BCUT2D eigenvalue weighted by molar-refractivity contribution is 0.104. The molecule has 0 atom stereocenters. The Hall–Kier alpha value is -2.18. The monoisotopic (exact) mass is 356 g/mol. The molecule has 0 aliphatic rings. The van der Waals surface area contributed by atoms with Crippen molar-refractivity contribution in [3.8, 4) is 0 Å². The number of ketones is 1. The van der Waals surface area contributed by atoms with E-state index < -0.39 is 0 Å². The minimum Gasteiger partial charge on any atom is -0.313 e. The molecule has 0 radical (unpaired) electrons. The van der Waals surface area contributed by atoms with Crippen molar-refractivity contribution in [1.82, 2.24) is 9.97 Å². The second-order valence-corrected chi connectivity index (χ2v) is 7.14. The van der Waals surface area contributed by atoms with Gasteiger partial charge in [-0.25, -0.2) is 0 Å². The van der Waals surface area contributed by atoms with Crippen molar-refractivity contribution in [2.45, 2.75) is 18.7 Å². The van der Waals surface area contributed by atoms with Gasteiger partial charge in [-0.2, -0.15) is 0 Å². The standard InChI is InChI=1S/C18H16N2O2S2/c1-10-8-11(2)19-9-12(10)4-5-14(21)15-16(23-3)13-6-7-24-18(13)20-17(15)22/h4-9H,1-3H3,(H,20,22)/b5-4+. The summed E-state index contributed by atoms with van der Waals surface area (Å²) in [5.41, 5.74) is 2.69. The highest BCUT2D eigenvalue weighted by atomic mass is 32.2. The molecule has 0 aromatic carbocycles. The number of aromatic nitrogens is 2. The highest BCUT2D eigenvalue weighted by molar-refractivity contribution is 7.99. The molecule has 3 aromatic rings. The molecule has 0 saturated heterocycles. The van der Waals surface area contributed by atoms with Crippen LogP contribution in [0.3, 0.4) is 0 Å². The second-order valence-electron chi connectivity index (χ2n) is 5.41. The van der Waals surface area contributed by atoms with Gasteiger partial charge in [-0.05, 0) is 60.9 Å². The van der Waals surface area contributed by atoms with Crippen LogP contribution >= 0.6 is 23.1 Å². The molecule has 0 aliphatic heterocycles. The number of aryl methyl sites for hydroxylation is 2. The van der Waals surface area contributed by atoms with Crippen LogP contribution in [0.5, 0.6) is 0 Å². The number of carbonyl (C=O) groups is 1. The molecule has 3 heterocycles. The summed E-state index contributed by atoms with van der Waals surface area (Å²) in [6.07, 6.45) is 6.77. The third kappa shape index (κ3) is 3.07. The number of allylic oxidation sites excluding steroid dienone is 1. The minimum atomic E-state index is -0.345. The molecule has 0 fully saturated rings. The van der Waals surface area contributed by atoms with Crippen molar-refractivity contribution in [2.75, 3.05) is 6.26 Å². The number of aromatic amines is 1. The highest BCUT2D eigenvalue weighted by Gasteiger charge is 2.17. The van der Waals surface area contributed by atoms with Crippen molar-refractivity contribution in [2.24, 2.45) is 0 Å². The van der Waals surface area contributed by atoms with Gasteiger partial charge < -0.3 is 4.98 Å². The number of pyridine rings is 2. The Labute approximate surface area is 147 Å². The average Bonchev–Trinajstić information content (AvgIpc) is 3.00. The van der Waals surface area contributed by atoms with Crippen molar-refractivity contribution in [3.63, 3.8) is 0 Å². The minimum absolute atomic E-state index is 0.197. The van der Waals surface area contributed by atoms with E-state index in [9.17, 15) is 9.59 Å². The predicted molar refractivity (Wildman–Crippen MR) is 101 cm³/mol. The molecule has 3 rings (SSSR count). The quantitative estimate of drug-likeness (QED) is 0.432. The third-order valence-electron chi connectivity index (χ3n) is 3.74. The summed E-state index contributed by atoms with van der Waals surface area (Å²) in [7, 11) is 0. The van der Waals surface area contributed by atoms with Gasteiger partial charge in [0.1, 0.15) is 10.4 Å². The van der Waals surface area contributed by atoms with Gasteiger partial charge in [0.15, 0.2) is 5.78 Å². The number of rotatable bonds is 4. The van der Waals surface area contributed by atoms with Crippen LogP contribution in [0.4, 0.5) is 0 Å². The Morgan fingerprint density at radius 2 is 2.17 bits per heavy atom. The number of hydrogen-bond donors (Lipinski definition) is 1. The Morgan fingerprint density at radius 1 is 1.38 bits per heavy atom. The van der Waals surface area contributed by atoms with Crippen LogP contribution in [0, 0.1) is 13.8 Å². The van der Waals surface area contributed by atoms with Crippen LogP contribution in [-0.4, -0.2) is 22.0 Å². The van der Waals surface area contributed by atoms with Gasteiger partial charge in [-0.1, -0.05) is 0 Å². The first-order valence-electron chi connectivity index (χ1n) is 7.34. The molecule has 0 bridgehead atoms. The zero-order chi connectivity index (χ0) is 17.3. The van der Waals surface area contributed by atoms with Crippen molar-refractivity contribution >= 4 is 45.2 Å². The van der Waals surface area contributed by atoms with Crippen LogP contribution in [0.25, 0.3) is 16.3 Å². The van der Waals surface area contributed by atoms with E-state index in [0.717, 1.165) is 31.9 Å². The Morgan fingerprint density at radius 3 is 2.88 bits per heavy atom. The Bertz CT molecular complexity index is 1020. The average molecular weight is 356 g/mol. The maximum absolute atomic E-state index is 12.6. The number of nitrogens with one attached hydrogen (secondary N) is 1. The highest BCUT2D eigenvalue weighted by Crippen LogP contribution is 2.30. The van der Waals surface area contributed by atoms with Crippen molar-refractivity contribution in [1.29, 1.82) is 0 Å². The number of carbonyl (C=O) groups excluding carboxylic acids is 1. The van der Waals surface area contributed by atoms with Gasteiger partial charge in [0, 0.05) is 22.2 Å². The van der Waals surface area contributed by atoms with E-state index in [-0.39, 0.29) is 16.9 Å². The first kappa shape index (κ1) is 16.7. The molecule has 6 heteroatoms. The SMILES string of the molecule is CSc1c(C(=O)/C=C/c2cnc(C)cc2C)c(=O)[nH]c2sccc12. The fourth-order valence-corrected chi connectivity index (χ4v) is 4.20. The normalized spacial score (nSPS) is 11.5. The Kier molecular flexibility index (Phi) is 4.69. The molecule has 0 amide bonds. The third-order valence-corrected chi connectivity index (χ3v) is 5.41. The molecule has 3 aromatic heterocycles. The van der Waals surface area contributed by atoms with Crippen molar-refractivity contribution in [3.05, 3.63) is 62.5 Å². The van der Waals surface area contributed by atoms with E-state index in [1.165, 1.54) is 29.2 Å². The zero-order valence-corrected chi connectivity index (χ0v) is 15.2. The van der Waals surface area contributed by atoms with Crippen LogP contribution in [-0.2, 0) is 0 Å². The number of thiophene rings is 1. The van der Waals surface area contributed by atoms with Gasteiger partial charge in [0.05, 0.1) is 0 Å². The van der Waals surface area contributed by atoms with E-state index in [1.54, 1.807) is 12.3 Å². The summed E-state index contributed by atoms with van der Waals surface area (Å²) in [6, 6.07) is 3.89. The molecular formula is C18H16N2O2S2. The molecule has 0 spiro atoms. The van der Waals surface area contributed by atoms with Crippen LogP contribution < -0.4 is 5.56 Å². The maximum Gasteiger partial charge on any atom is 0.261 e. The van der Waals surface area contributed by atoms with Gasteiger partial charge in [-0.3, -0.25) is 14.6 Å². The van der Waals surface area contributed by atoms with E-state index in [2.05, 4.69) is 9.97 Å². The Balaban J connectivity index is 2.04. The number of thioether (sulfide) groups is 1. The lowest BCUT2D eigenvalue weighted by Crippen LogP contribution is -2.17. The second kappa shape index (κ2) is 6.75. The topological polar surface area (TPSA) is 62.8 Å².